The minimum atomic E-state index is -0.0751. The summed E-state index contributed by atoms with van der Waals surface area (Å²) in [6.07, 6.45) is 0. The van der Waals surface area contributed by atoms with Crippen molar-refractivity contribution in [3.63, 3.8) is 0 Å². The largest absolute Gasteiger partial charge is 0.508 e. The van der Waals surface area contributed by atoms with Crippen LogP contribution >= 0.6 is 0 Å². The van der Waals surface area contributed by atoms with Crippen LogP contribution in [0.2, 0.25) is 0 Å². The third kappa shape index (κ3) is 2.14. The summed E-state index contributed by atoms with van der Waals surface area (Å²) in [5.41, 5.74) is 0.823. The lowest BCUT2D eigenvalue weighted by atomic mass is 10.2. The standard InChI is InChI=1S/C14H10N2O4/c17-9-3-1-2-8(6-9)13-15-14(20-16-13)11-7-10(18)4-5-12(11)19/h1-7,17-19H. The van der Waals surface area contributed by atoms with E-state index in [1.165, 1.54) is 30.3 Å². The van der Waals surface area contributed by atoms with Gasteiger partial charge in [-0.15, -0.1) is 0 Å². The minimum Gasteiger partial charge on any atom is -0.508 e. The molecule has 0 aliphatic carbocycles. The van der Waals surface area contributed by atoms with E-state index >= 15 is 0 Å². The molecular weight excluding hydrogens is 260 g/mol. The highest BCUT2D eigenvalue weighted by Gasteiger charge is 2.14. The predicted molar refractivity (Wildman–Crippen MR) is 70.2 cm³/mol. The maximum absolute atomic E-state index is 9.73. The molecule has 0 spiro atoms. The molecule has 0 amide bonds. The number of nitrogens with zero attached hydrogens (tertiary/aromatic N) is 2. The van der Waals surface area contributed by atoms with Crippen molar-refractivity contribution in [2.24, 2.45) is 0 Å². The first-order valence-electron chi connectivity index (χ1n) is 5.79. The van der Waals surface area contributed by atoms with Crippen LogP contribution < -0.4 is 0 Å². The second-order valence-electron chi connectivity index (χ2n) is 4.17. The first-order valence-corrected chi connectivity index (χ1v) is 5.79. The number of aromatic hydroxyl groups is 3. The van der Waals surface area contributed by atoms with Crippen molar-refractivity contribution >= 4 is 0 Å². The molecule has 0 unspecified atom stereocenters. The lowest BCUT2D eigenvalue weighted by molar-refractivity contribution is 0.423. The smallest absolute Gasteiger partial charge is 0.262 e. The lowest BCUT2D eigenvalue weighted by Gasteiger charge is -1.99. The maximum Gasteiger partial charge on any atom is 0.262 e. The first-order chi connectivity index (χ1) is 9.63. The minimum absolute atomic E-state index is 0.0186. The van der Waals surface area contributed by atoms with Gasteiger partial charge < -0.3 is 19.8 Å². The Bertz CT molecular complexity index is 767. The Kier molecular flexibility index (Phi) is 2.76. The van der Waals surface area contributed by atoms with E-state index in [1.807, 2.05) is 0 Å². The van der Waals surface area contributed by atoms with Crippen molar-refractivity contribution in [3.8, 4) is 40.1 Å². The molecule has 3 aromatic rings. The molecule has 3 rings (SSSR count). The molecule has 0 saturated heterocycles. The van der Waals surface area contributed by atoms with E-state index < -0.39 is 0 Å². The van der Waals surface area contributed by atoms with E-state index in [1.54, 1.807) is 12.1 Å². The zero-order valence-electron chi connectivity index (χ0n) is 10.2. The van der Waals surface area contributed by atoms with Gasteiger partial charge >= 0.3 is 0 Å². The van der Waals surface area contributed by atoms with Crippen molar-refractivity contribution in [3.05, 3.63) is 42.5 Å². The third-order valence-corrected chi connectivity index (χ3v) is 2.74. The second kappa shape index (κ2) is 4.58. The highest BCUT2D eigenvalue weighted by Crippen LogP contribution is 2.32. The van der Waals surface area contributed by atoms with Gasteiger partial charge in [0.2, 0.25) is 5.82 Å². The van der Waals surface area contributed by atoms with Crippen molar-refractivity contribution in [1.29, 1.82) is 0 Å². The van der Waals surface area contributed by atoms with Gasteiger partial charge in [-0.3, -0.25) is 0 Å². The molecule has 100 valence electrons. The number of hydrogen-bond acceptors (Lipinski definition) is 6. The molecule has 3 N–H and O–H groups in total. The Morgan fingerprint density at radius 1 is 0.900 bits per heavy atom. The fraction of sp³-hybridized carbons (Fsp3) is 0. The molecule has 0 radical (unpaired) electrons. The summed E-state index contributed by atoms with van der Waals surface area (Å²) in [6, 6.07) is 10.4. The van der Waals surface area contributed by atoms with Gasteiger partial charge in [0.1, 0.15) is 17.2 Å². The van der Waals surface area contributed by atoms with Gasteiger partial charge in [-0.2, -0.15) is 4.98 Å². The molecule has 1 heterocycles. The van der Waals surface area contributed by atoms with Crippen LogP contribution in [0.4, 0.5) is 0 Å². The number of phenolic OH excluding ortho intramolecular Hbond substituents is 3. The molecule has 1 aromatic heterocycles. The Morgan fingerprint density at radius 3 is 2.50 bits per heavy atom. The summed E-state index contributed by atoms with van der Waals surface area (Å²) < 4.78 is 5.07. The van der Waals surface area contributed by atoms with E-state index in [-0.39, 0.29) is 34.5 Å². The molecule has 0 bridgehead atoms. The highest BCUT2D eigenvalue weighted by atomic mass is 16.5. The average Bonchev–Trinajstić information content (AvgIpc) is 2.91. The third-order valence-electron chi connectivity index (χ3n) is 2.74. The summed E-state index contributed by atoms with van der Waals surface area (Å²) in [5.74, 6) is 0.355. The summed E-state index contributed by atoms with van der Waals surface area (Å²) in [5, 5.41) is 32.4. The normalized spacial score (nSPS) is 10.6. The highest BCUT2D eigenvalue weighted by molar-refractivity contribution is 5.66. The van der Waals surface area contributed by atoms with Gasteiger partial charge in [0, 0.05) is 5.56 Å². The SMILES string of the molecule is Oc1cccc(-c2noc(-c3cc(O)ccc3O)n2)c1. The van der Waals surface area contributed by atoms with E-state index in [2.05, 4.69) is 10.1 Å². The average molecular weight is 270 g/mol. The molecular formula is C14H10N2O4. The molecule has 0 atom stereocenters. The molecule has 6 nitrogen and oxygen atoms in total. The van der Waals surface area contributed by atoms with Gasteiger partial charge in [-0.1, -0.05) is 17.3 Å². The van der Waals surface area contributed by atoms with Gasteiger partial charge in [0.05, 0.1) is 5.56 Å². The first kappa shape index (κ1) is 12.0. The number of hydrogen-bond donors (Lipinski definition) is 3. The Hall–Kier alpha value is -3.02. The van der Waals surface area contributed by atoms with Gasteiger partial charge in [0.25, 0.3) is 5.89 Å². The summed E-state index contributed by atoms with van der Waals surface area (Å²) >= 11 is 0. The Morgan fingerprint density at radius 2 is 1.70 bits per heavy atom. The van der Waals surface area contributed by atoms with Crippen LogP contribution in [0.5, 0.6) is 17.2 Å². The van der Waals surface area contributed by atoms with Crippen LogP contribution in [0.3, 0.4) is 0 Å². The van der Waals surface area contributed by atoms with Crippen LogP contribution in [-0.4, -0.2) is 25.5 Å². The summed E-state index contributed by atoms with van der Waals surface area (Å²) in [6.45, 7) is 0. The number of phenols is 3. The zero-order chi connectivity index (χ0) is 14.1. The molecule has 0 aliphatic heterocycles. The fourth-order valence-corrected chi connectivity index (χ4v) is 1.79. The van der Waals surface area contributed by atoms with Gasteiger partial charge in [-0.05, 0) is 30.3 Å². The maximum atomic E-state index is 9.73. The molecule has 0 saturated carbocycles. The Balaban J connectivity index is 2.04. The van der Waals surface area contributed by atoms with Crippen LogP contribution in [0.15, 0.2) is 47.0 Å². The molecule has 6 heteroatoms. The van der Waals surface area contributed by atoms with E-state index in [4.69, 9.17) is 4.52 Å². The van der Waals surface area contributed by atoms with Crippen molar-refractivity contribution in [2.45, 2.75) is 0 Å². The monoisotopic (exact) mass is 270 g/mol. The molecule has 2 aromatic carbocycles. The molecule has 0 aliphatic rings. The number of benzene rings is 2. The topological polar surface area (TPSA) is 99.6 Å². The summed E-state index contributed by atoms with van der Waals surface area (Å²) in [7, 11) is 0. The summed E-state index contributed by atoms with van der Waals surface area (Å²) in [4.78, 5) is 4.13. The van der Waals surface area contributed by atoms with E-state index in [0.29, 0.717) is 5.56 Å². The van der Waals surface area contributed by atoms with Gasteiger partial charge in [-0.25, -0.2) is 0 Å². The van der Waals surface area contributed by atoms with Crippen LogP contribution in [0, 0.1) is 0 Å². The Labute approximate surface area is 113 Å². The van der Waals surface area contributed by atoms with Crippen LogP contribution in [0.1, 0.15) is 0 Å². The van der Waals surface area contributed by atoms with Crippen LogP contribution in [0.25, 0.3) is 22.8 Å². The quantitative estimate of drug-likeness (QED) is 0.619. The van der Waals surface area contributed by atoms with Crippen molar-refractivity contribution in [2.75, 3.05) is 0 Å². The zero-order valence-corrected chi connectivity index (χ0v) is 10.2. The van der Waals surface area contributed by atoms with Crippen molar-refractivity contribution < 1.29 is 19.8 Å². The number of aromatic nitrogens is 2. The molecule has 20 heavy (non-hydrogen) atoms. The van der Waals surface area contributed by atoms with Crippen LogP contribution in [-0.2, 0) is 0 Å². The van der Waals surface area contributed by atoms with E-state index in [9.17, 15) is 15.3 Å². The number of rotatable bonds is 2. The lowest BCUT2D eigenvalue weighted by Crippen LogP contribution is -1.82. The fourth-order valence-electron chi connectivity index (χ4n) is 1.79. The second-order valence-corrected chi connectivity index (χ2v) is 4.17. The predicted octanol–water partition coefficient (Wildman–Crippen LogP) is 2.52. The van der Waals surface area contributed by atoms with E-state index in [0.717, 1.165) is 0 Å². The molecule has 0 fully saturated rings. The van der Waals surface area contributed by atoms with Crippen molar-refractivity contribution in [1.82, 2.24) is 10.1 Å². The van der Waals surface area contributed by atoms with Gasteiger partial charge in [0.15, 0.2) is 0 Å².